The van der Waals surface area contributed by atoms with Crippen molar-refractivity contribution in [2.45, 2.75) is 38.3 Å². The van der Waals surface area contributed by atoms with E-state index >= 15 is 0 Å². The van der Waals surface area contributed by atoms with Crippen molar-refractivity contribution in [1.82, 2.24) is 15.1 Å². The fourth-order valence-electron chi connectivity index (χ4n) is 4.94. The van der Waals surface area contributed by atoms with E-state index in [4.69, 9.17) is 28.5 Å². The van der Waals surface area contributed by atoms with E-state index < -0.39 is 6.04 Å². The van der Waals surface area contributed by atoms with Crippen LogP contribution in [0.25, 0.3) is 0 Å². The van der Waals surface area contributed by atoms with Crippen LogP contribution in [0.15, 0.2) is 42.5 Å². The highest BCUT2D eigenvalue weighted by molar-refractivity contribution is 6.35. The molecule has 4 rings (SSSR count). The number of hydrogen-bond donors (Lipinski definition) is 1. The van der Waals surface area contributed by atoms with Crippen LogP contribution in [0.5, 0.6) is 0 Å². The van der Waals surface area contributed by atoms with Gasteiger partial charge in [-0.15, -0.1) is 0 Å². The Morgan fingerprint density at radius 2 is 1.83 bits per heavy atom. The summed E-state index contributed by atoms with van der Waals surface area (Å²) in [5.41, 5.74) is 3.14. The summed E-state index contributed by atoms with van der Waals surface area (Å²) in [5.74, 6) is -0.00253. The van der Waals surface area contributed by atoms with E-state index in [1.165, 1.54) is 5.56 Å². The molecule has 2 aromatic carbocycles. The molecule has 2 aliphatic rings. The van der Waals surface area contributed by atoms with Gasteiger partial charge < -0.3 is 20.0 Å². The van der Waals surface area contributed by atoms with E-state index in [2.05, 4.69) is 28.4 Å². The van der Waals surface area contributed by atoms with Crippen molar-refractivity contribution in [3.63, 3.8) is 0 Å². The van der Waals surface area contributed by atoms with Gasteiger partial charge in [0.25, 0.3) is 0 Å². The minimum atomic E-state index is -0.568. The molecule has 1 unspecified atom stereocenters. The largest absolute Gasteiger partial charge is 0.368 e. The first-order chi connectivity index (χ1) is 17.5. The highest BCUT2D eigenvalue weighted by Gasteiger charge is 2.36. The quantitative estimate of drug-likeness (QED) is 0.500. The van der Waals surface area contributed by atoms with E-state index in [9.17, 15) is 9.59 Å². The summed E-state index contributed by atoms with van der Waals surface area (Å²) in [6, 6.07) is 15.1. The topological polar surface area (TPSA) is 79.7 Å². The van der Waals surface area contributed by atoms with Crippen LogP contribution in [-0.4, -0.2) is 66.9 Å². The normalized spacial score (nSPS) is 16.8. The number of para-hydroxylation sites is 1. The summed E-state index contributed by atoms with van der Waals surface area (Å²) < 4.78 is 0. The van der Waals surface area contributed by atoms with Crippen molar-refractivity contribution >= 4 is 40.7 Å². The predicted octanol–water partition coefficient (Wildman–Crippen LogP) is 3.88. The lowest BCUT2D eigenvalue weighted by molar-refractivity contribution is -0.143. The van der Waals surface area contributed by atoms with Gasteiger partial charge in [-0.2, -0.15) is 5.26 Å². The van der Waals surface area contributed by atoms with Gasteiger partial charge in [0, 0.05) is 80.8 Å². The Morgan fingerprint density at radius 3 is 2.53 bits per heavy atom. The number of nitrogens with one attached hydrogen (secondary N) is 1. The second-order valence-corrected chi connectivity index (χ2v) is 10.0. The molecule has 2 heterocycles. The molecule has 9 heteroatoms. The minimum Gasteiger partial charge on any atom is -0.368 e. The number of amides is 2. The average Bonchev–Trinajstić information content (AvgIpc) is 3.31. The molecule has 2 saturated heterocycles. The van der Waals surface area contributed by atoms with Crippen LogP contribution in [0.4, 0.5) is 5.69 Å². The number of likely N-dealkylation sites (tertiary alicyclic amines) is 1. The van der Waals surface area contributed by atoms with Crippen molar-refractivity contribution in [1.29, 1.82) is 5.26 Å². The average molecular weight is 528 g/mol. The molecule has 2 fully saturated rings. The first kappa shape index (κ1) is 26.3. The highest BCUT2D eigenvalue weighted by Crippen LogP contribution is 2.27. The van der Waals surface area contributed by atoms with Gasteiger partial charge in [-0.05, 0) is 35.7 Å². The first-order valence-electron chi connectivity index (χ1n) is 12.4. The first-order valence-corrected chi connectivity index (χ1v) is 13.2. The minimum absolute atomic E-state index is 0.0231. The Kier molecular flexibility index (Phi) is 9.08. The number of halogens is 2. The monoisotopic (exact) mass is 527 g/mol. The zero-order chi connectivity index (χ0) is 25.5. The van der Waals surface area contributed by atoms with Crippen molar-refractivity contribution in [2.24, 2.45) is 0 Å². The molecule has 2 aromatic rings. The molecule has 0 bridgehead atoms. The zero-order valence-electron chi connectivity index (χ0n) is 20.3. The van der Waals surface area contributed by atoms with E-state index in [0.29, 0.717) is 75.1 Å². The van der Waals surface area contributed by atoms with Crippen molar-refractivity contribution in [3.8, 4) is 6.07 Å². The van der Waals surface area contributed by atoms with Gasteiger partial charge in [0.2, 0.25) is 11.8 Å². The predicted molar refractivity (Wildman–Crippen MR) is 142 cm³/mol. The number of benzene rings is 2. The molecule has 36 heavy (non-hydrogen) atoms. The lowest BCUT2D eigenvalue weighted by Crippen LogP contribution is -2.56. The number of hydrogen-bond acceptors (Lipinski definition) is 5. The SMILES string of the molecule is N#CCCNCc1ccccc1N1CCN(C(=O)C(Cc2ccc(Cl)cc2Cl)N2CCCC2=O)CC1. The van der Waals surface area contributed by atoms with Gasteiger partial charge >= 0.3 is 0 Å². The Hall–Kier alpha value is -2.79. The van der Waals surface area contributed by atoms with Crippen LogP contribution < -0.4 is 10.2 Å². The highest BCUT2D eigenvalue weighted by atomic mass is 35.5. The standard InChI is InChI=1S/C27H31Cl2N5O2/c28-22-9-8-20(23(29)18-22)17-25(34-12-3-7-26(34)35)27(36)33-15-13-32(14-16-33)24-6-2-1-5-21(24)19-31-11-4-10-30/h1-2,5-6,8-9,18,25,31H,3-4,7,11-17,19H2. The molecule has 0 saturated carbocycles. The maximum atomic E-state index is 13.7. The molecule has 2 aliphatic heterocycles. The van der Waals surface area contributed by atoms with Crippen LogP contribution in [0.2, 0.25) is 10.0 Å². The molecule has 7 nitrogen and oxygen atoms in total. The number of piperazine rings is 1. The summed E-state index contributed by atoms with van der Waals surface area (Å²) in [5, 5.41) is 13.1. The van der Waals surface area contributed by atoms with E-state index in [-0.39, 0.29) is 11.8 Å². The fourth-order valence-corrected chi connectivity index (χ4v) is 5.43. The van der Waals surface area contributed by atoms with Gasteiger partial charge in [-0.3, -0.25) is 9.59 Å². The third-order valence-electron chi connectivity index (χ3n) is 6.85. The smallest absolute Gasteiger partial charge is 0.245 e. The lowest BCUT2D eigenvalue weighted by Gasteiger charge is -2.40. The van der Waals surface area contributed by atoms with Gasteiger partial charge in [0.05, 0.1) is 6.07 Å². The van der Waals surface area contributed by atoms with Gasteiger partial charge in [0.15, 0.2) is 0 Å². The Morgan fingerprint density at radius 1 is 1.06 bits per heavy atom. The molecular weight excluding hydrogens is 497 g/mol. The van der Waals surface area contributed by atoms with Crippen molar-refractivity contribution < 1.29 is 9.59 Å². The van der Waals surface area contributed by atoms with Gasteiger partial charge in [-0.25, -0.2) is 0 Å². The summed E-state index contributed by atoms with van der Waals surface area (Å²) >= 11 is 12.5. The number of rotatable bonds is 9. The molecule has 0 aromatic heterocycles. The molecule has 1 N–H and O–H groups in total. The van der Waals surface area contributed by atoms with E-state index in [0.717, 1.165) is 17.7 Å². The molecule has 0 spiro atoms. The maximum absolute atomic E-state index is 13.7. The second-order valence-electron chi connectivity index (χ2n) is 9.17. The van der Waals surface area contributed by atoms with Crippen LogP contribution in [0, 0.1) is 11.3 Å². The molecule has 0 aliphatic carbocycles. The number of carbonyl (C=O) groups excluding carboxylic acids is 2. The number of nitriles is 1. The molecular formula is C27H31Cl2N5O2. The maximum Gasteiger partial charge on any atom is 0.245 e. The molecule has 190 valence electrons. The molecule has 2 amide bonds. The molecule has 0 radical (unpaired) electrons. The number of anilines is 1. The van der Waals surface area contributed by atoms with E-state index in [1.807, 2.05) is 23.1 Å². The van der Waals surface area contributed by atoms with Gasteiger partial charge in [-0.1, -0.05) is 47.5 Å². The molecule has 1 atom stereocenters. The fraction of sp³-hybridized carbons (Fsp3) is 0.444. The van der Waals surface area contributed by atoms with Crippen LogP contribution in [-0.2, 0) is 22.6 Å². The summed E-state index contributed by atoms with van der Waals surface area (Å²) in [4.78, 5) is 32.2. The van der Waals surface area contributed by atoms with Crippen LogP contribution >= 0.6 is 23.2 Å². The van der Waals surface area contributed by atoms with Crippen molar-refractivity contribution in [3.05, 3.63) is 63.6 Å². The zero-order valence-corrected chi connectivity index (χ0v) is 21.8. The van der Waals surface area contributed by atoms with Crippen LogP contribution in [0.1, 0.15) is 30.4 Å². The van der Waals surface area contributed by atoms with Gasteiger partial charge in [0.1, 0.15) is 6.04 Å². The summed E-state index contributed by atoms with van der Waals surface area (Å²) in [7, 11) is 0. The second kappa shape index (κ2) is 12.4. The van der Waals surface area contributed by atoms with Crippen LogP contribution in [0.3, 0.4) is 0 Å². The number of carbonyl (C=O) groups is 2. The Bertz CT molecular complexity index is 1130. The Labute approximate surface area is 222 Å². The summed E-state index contributed by atoms with van der Waals surface area (Å²) in [6.45, 7) is 4.53. The third-order valence-corrected chi connectivity index (χ3v) is 7.44. The Balaban J connectivity index is 1.44. The number of nitrogens with zero attached hydrogens (tertiary/aromatic N) is 4. The van der Waals surface area contributed by atoms with Crippen molar-refractivity contribution in [2.75, 3.05) is 44.2 Å². The third kappa shape index (κ3) is 6.31. The van der Waals surface area contributed by atoms with E-state index in [1.54, 1.807) is 17.0 Å². The lowest BCUT2D eigenvalue weighted by atomic mass is 10.0. The summed E-state index contributed by atoms with van der Waals surface area (Å²) in [6.07, 6.45) is 2.10.